The first-order valence-corrected chi connectivity index (χ1v) is 15.7. The van der Waals surface area contributed by atoms with Crippen molar-refractivity contribution in [2.24, 2.45) is 0 Å². The van der Waals surface area contributed by atoms with Crippen molar-refractivity contribution >= 4 is 29.0 Å². The van der Waals surface area contributed by atoms with Gasteiger partial charge in [0.2, 0.25) is 5.91 Å². The van der Waals surface area contributed by atoms with Gasteiger partial charge < -0.3 is 29.1 Å². The van der Waals surface area contributed by atoms with Crippen molar-refractivity contribution in [3.05, 3.63) is 69.8 Å². The van der Waals surface area contributed by atoms with Gasteiger partial charge in [0.1, 0.15) is 17.4 Å². The molecule has 2 amide bonds. The smallest absolute Gasteiger partial charge is 0.423 e. The van der Waals surface area contributed by atoms with E-state index in [9.17, 15) is 40.7 Å². The lowest BCUT2D eigenvalue weighted by molar-refractivity contribution is -0.139. The number of fused-ring (bicyclic) bond motifs is 3. The molecule has 0 N–H and O–H groups in total. The standard InChI is InChI=1S/C32H33F6N7O5/c1-41-23-13-20(31(33,34)35)14-39-28(23)44-11-10-42(17-25(44)29(41)47)26(46)8-12-50-18-21-7-9-43(21)24-15-40-45(30(48)27(24)32(36,37)38)16-19-3-5-22(49-2)6-4-19/h3-6,13-15,21,25H,7-12,16-18H2,1-2H3/t21-,25-/m0/s1. The van der Waals surface area contributed by atoms with Crippen molar-refractivity contribution < 1.29 is 45.4 Å². The summed E-state index contributed by atoms with van der Waals surface area (Å²) in [6.07, 6.45) is -7.37. The van der Waals surface area contributed by atoms with Crippen molar-refractivity contribution in [1.29, 1.82) is 0 Å². The normalized spacial score (nSPS) is 19.2. The Kier molecular flexibility index (Phi) is 9.41. The first kappa shape index (κ1) is 35.0. The van der Waals surface area contributed by atoms with Gasteiger partial charge >= 0.3 is 12.4 Å². The number of halogens is 6. The van der Waals surface area contributed by atoms with Crippen LogP contribution in [0.5, 0.6) is 5.75 Å². The Labute approximate surface area is 281 Å². The lowest BCUT2D eigenvalue weighted by Crippen LogP contribution is -2.63. The maximum absolute atomic E-state index is 14.2. The molecule has 18 heteroatoms. The number of aromatic nitrogens is 3. The highest BCUT2D eigenvalue weighted by Gasteiger charge is 2.44. The quantitative estimate of drug-likeness (QED) is 0.244. The van der Waals surface area contributed by atoms with Gasteiger partial charge in [0.15, 0.2) is 5.82 Å². The summed E-state index contributed by atoms with van der Waals surface area (Å²) in [5, 5.41) is 4.02. The van der Waals surface area contributed by atoms with E-state index in [0.29, 0.717) is 17.7 Å². The molecule has 5 heterocycles. The highest BCUT2D eigenvalue weighted by molar-refractivity contribution is 6.05. The number of methoxy groups -OCH3 is 1. The van der Waals surface area contributed by atoms with Crippen molar-refractivity contribution in [2.45, 2.75) is 43.8 Å². The fourth-order valence-corrected chi connectivity index (χ4v) is 6.33. The molecule has 2 atom stereocenters. The van der Waals surface area contributed by atoms with E-state index < -0.39 is 47.0 Å². The van der Waals surface area contributed by atoms with E-state index in [4.69, 9.17) is 9.47 Å². The number of ether oxygens (including phenoxy) is 2. The zero-order valence-electron chi connectivity index (χ0n) is 27.0. The van der Waals surface area contributed by atoms with Gasteiger partial charge in [-0.05, 0) is 30.2 Å². The molecule has 2 saturated heterocycles. The van der Waals surface area contributed by atoms with Gasteiger partial charge in [-0.25, -0.2) is 9.67 Å². The molecule has 3 aliphatic heterocycles. The van der Waals surface area contributed by atoms with Crippen LogP contribution in [0.3, 0.4) is 0 Å². The molecule has 12 nitrogen and oxygen atoms in total. The molecule has 0 radical (unpaired) electrons. The van der Waals surface area contributed by atoms with Crippen molar-refractivity contribution in [1.82, 2.24) is 19.7 Å². The first-order valence-electron chi connectivity index (χ1n) is 15.7. The number of piperazine rings is 1. The summed E-state index contributed by atoms with van der Waals surface area (Å²) in [6.45, 7) is 0.416. The van der Waals surface area contributed by atoms with Crippen LogP contribution in [-0.4, -0.2) is 97.1 Å². The van der Waals surface area contributed by atoms with Crippen LogP contribution in [0.4, 0.5) is 43.5 Å². The Morgan fingerprint density at radius 1 is 0.960 bits per heavy atom. The maximum atomic E-state index is 14.2. The number of carbonyl (C=O) groups is 2. The molecule has 0 spiro atoms. The molecule has 50 heavy (non-hydrogen) atoms. The molecule has 268 valence electrons. The summed E-state index contributed by atoms with van der Waals surface area (Å²) < 4.78 is 93.9. The monoisotopic (exact) mass is 709 g/mol. The number of hydrogen-bond acceptors (Lipinski definition) is 9. The van der Waals surface area contributed by atoms with Crippen molar-refractivity contribution in [3.63, 3.8) is 0 Å². The third-order valence-electron chi connectivity index (χ3n) is 9.18. The summed E-state index contributed by atoms with van der Waals surface area (Å²) in [4.78, 5) is 48.8. The predicted octanol–water partition coefficient (Wildman–Crippen LogP) is 3.41. The molecule has 3 aromatic rings. The average Bonchev–Trinajstić information content (AvgIpc) is 3.06. The molecule has 0 unspecified atom stereocenters. The second-order valence-corrected chi connectivity index (χ2v) is 12.2. The largest absolute Gasteiger partial charge is 0.497 e. The molecule has 0 aliphatic carbocycles. The Morgan fingerprint density at radius 2 is 1.70 bits per heavy atom. The SMILES string of the molecule is COc1ccc(Cn2ncc(N3CC[C@H]3COCCC(=O)N3CCN4c5ncc(C(F)(F)F)cc5N(C)C(=O)[C@@H]4C3)c(C(F)(F)F)c2=O)cc1. The molecule has 1 aromatic carbocycles. The molecular formula is C32H33F6N7O5. The highest BCUT2D eigenvalue weighted by Crippen LogP contribution is 2.40. The van der Waals surface area contributed by atoms with Crippen LogP contribution >= 0.6 is 0 Å². The number of alkyl halides is 6. The van der Waals surface area contributed by atoms with Crippen LogP contribution in [0.25, 0.3) is 0 Å². The lowest BCUT2D eigenvalue weighted by atomic mass is 10.0. The highest BCUT2D eigenvalue weighted by atomic mass is 19.4. The summed E-state index contributed by atoms with van der Waals surface area (Å²) >= 11 is 0. The maximum Gasteiger partial charge on any atom is 0.423 e. The number of amides is 2. The lowest BCUT2D eigenvalue weighted by Gasteiger charge is -2.46. The topological polar surface area (TPSA) is 113 Å². The fourth-order valence-electron chi connectivity index (χ4n) is 6.33. The van der Waals surface area contributed by atoms with Crippen LogP contribution in [0, 0.1) is 0 Å². The van der Waals surface area contributed by atoms with Crippen LogP contribution in [-0.2, 0) is 33.2 Å². The number of benzene rings is 1. The summed E-state index contributed by atoms with van der Waals surface area (Å²) in [6, 6.07) is 6.09. The molecule has 6 rings (SSSR count). The van der Waals surface area contributed by atoms with Crippen molar-refractivity contribution in [3.8, 4) is 5.75 Å². The number of rotatable bonds is 9. The predicted molar refractivity (Wildman–Crippen MR) is 167 cm³/mol. The first-order chi connectivity index (χ1) is 23.7. The molecule has 2 aromatic heterocycles. The van der Waals surface area contributed by atoms with Crippen LogP contribution in [0.1, 0.15) is 29.5 Å². The fraction of sp³-hybridized carbons (Fsp3) is 0.469. The third-order valence-corrected chi connectivity index (χ3v) is 9.18. The Balaban J connectivity index is 1.04. The van der Waals surface area contributed by atoms with Gasteiger partial charge in [0.25, 0.3) is 11.5 Å². The van der Waals surface area contributed by atoms with Gasteiger partial charge in [0.05, 0.1) is 69.0 Å². The van der Waals surface area contributed by atoms with E-state index in [1.165, 1.54) is 24.0 Å². The molecule has 2 fully saturated rings. The van der Waals surface area contributed by atoms with Crippen LogP contribution in [0.15, 0.2) is 47.5 Å². The number of hydrogen-bond donors (Lipinski definition) is 0. The molecule has 0 saturated carbocycles. The number of pyridine rings is 1. The van der Waals surface area contributed by atoms with E-state index >= 15 is 0 Å². The number of carbonyl (C=O) groups excluding carboxylic acids is 2. The zero-order valence-corrected chi connectivity index (χ0v) is 27.0. The molecule has 0 bridgehead atoms. The average molecular weight is 710 g/mol. The van der Waals surface area contributed by atoms with E-state index in [1.54, 1.807) is 29.2 Å². The molecule has 3 aliphatic rings. The van der Waals surface area contributed by atoms with Gasteiger partial charge in [-0.3, -0.25) is 14.4 Å². The van der Waals surface area contributed by atoms with E-state index in [1.807, 2.05) is 0 Å². The number of anilines is 3. The number of nitrogens with zero attached hydrogens (tertiary/aromatic N) is 7. The second kappa shape index (κ2) is 13.4. The minimum absolute atomic E-state index is 0.00155. The Hall–Kier alpha value is -4.87. The Morgan fingerprint density at radius 3 is 2.34 bits per heavy atom. The second-order valence-electron chi connectivity index (χ2n) is 12.2. The Bertz CT molecular complexity index is 1820. The van der Waals surface area contributed by atoms with E-state index in [0.717, 1.165) is 28.0 Å². The van der Waals surface area contributed by atoms with Crippen LogP contribution < -0.4 is 25.0 Å². The van der Waals surface area contributed by atoms with Gasteiger partial charge in [-0.2, -0.15) is 31.4 Å². The van der Waals surface area contributed by atoms with Gasteiger partial charge in [0, 0.05) is 32.9 Å². The van der Waals surface area contributed by atoms with E-state index in [2.05, 4.69) is 10.1 Å². The van der Waals surface area contributed by atoms with Crippen molar-refractivity contribution in [2.75, 3.05) is 68.2 Å². The van der Waals surface area contributed by atoms with E-state index in [-0.39, 0.29) is 75.5 Å². The minimum atomic E-state index is -4.94. The summed E-state index contributed by atoms with van der Waals surface area (Å²) in [5.41, 5.74) is -3.30. The van der Waals surface area contributed by atoms with Crippen LogP contribution in [0.2, 0.25) is 0 Å². The summed E-state index contributed by atoms with van der Waals surface area (Å²) in [7, 11) is 2.84. The number of likely N-dealkylation sites (N-methyl/N-ethyl adjacent to an activating group) is 1. The third kappa shape index (κ3) is 6.80. The van der Waals surface area contributed by atoms with Gasteiger partial charge in [-0.15, -0.1) is 0 Å². The summed E-state index contributed by atoms with van der Waals surface area (Å²) in [5.74, 6) is -0.00813. The molecular weight excluding hydrogens is 676 g/mol. The minimum Gasteiger partial charge on any atom is -0.497 e. The zero-order chi connectivity index (χ0) is 36.0. The van der Waals surface area contributed by atoms with Gasteiger partial charge in [-0.1, -0.05) is 12.1 Å².